The molecule has 7 heteroatoms. The van der Waals surface area contributed by atoms with Gasteiger partial charge >= 0.3 is 0 Å². The lowest BCUT2D eigenvalue weighted by atomic mass is 10.3. The summed E-state index contributed by atoms with van der Waals surface area (Å²) in [6, 6.07) is 1.58. The first-order chi connectivity index (χ1) is 7.13. The zero-order valence-corrected chi connectivity index (χ0v) is 10.0. The molecule has 0 bridgehead atoms. The van der Waals surface area contributed by atoms with Crippen LogP contribution in [-0.4, -0.2) is 26.2 Å². The number of rotatable bonds is 1. The number of fused-ring (bicyclic) bond motifs is 1. The van der Waals surface area contributed by atoms with Crippen LogP contribution in [0, 0.1) is 0 Å². The molecule has 0 amide bonds. The molecule has 0 unspecified atom stereocenters. The summed E-state index contributed by atoms with van der Waals surface area (Å²) in [6.07, 6.45) is 3.38. The normalized spacial score (nSPS) is 10.8. The van der Waals surface area contributed by atoms with Crippen molar-refractivity contribution in [2.45, 2.75) is 5.16 Å². The second-order valence-corrected chi connectivity index (χ2v) is 4.37. The van der Waals surface area contributed by atoms with Crippen molar-refractivity contribution in [2.75, 3.05) is 6.26 Å². The number of hydrogen-bond donors (Lipinski definition) is 1. The fraction of sp³-hybridized carbons (Fsp3) is 0.125. The molecule has 2 aromatic rings. The van der Waals surface area contributed by atoms with Crippen LogP contribution < -0.4 is 5.56 Å². The standard InChI is InChI=1S/C8H6BrN3O2S/c1-15-8-10-3-4-2-5(9)7(13)12(14)6(4)11-8/h2-3,14H,1H3. The zero-order chi connectivity index (χ0) is 11.0. The van der Waals surface area contributed by atoms with Crippen LogP contribution in [0.4, 0.5) is 0 Å². The van der Waals surface area contributed by atoms with Crippen molar-refractivity contribution >= 4 is 38.7 Å². The van der Waals surface area contributed by atoms with Crippen molar-refractivity contribution in [3.63, 3.8) is 0 Å². The third kappa shape index (κ3) is 1.72. The summed E-state index contributed by atoms with van der Waals surface area (Å²) < 4.78 is 0.791. The Labute approximate surface area is 97.2 Å². The Bertz CT molecular complexity index is 584. The topological polar surface area (TPSA) is 68.0 Å². The van der Waals surface area contributed by atoms with E-state index in [1.165, 1.54) is 11.8 Å². The van der Waals surface area contributed by atoms with Crippen LogP contribution in [0.15, 0.2) is 26.7 Å². The highest BCUT2D eigenvalue weighted by Gasteiger charge is 2.08. The molecule has 0 fully saturated rings. The van der Waals surface area contributed by atoms with Crippen LogP contribution >= 0.6 is 27.7 Å². The lowest BCUT2D eigenvalue weighted by molar-refractivity contribution is 0.185. The van der Waals surface area contributed by atoms with Crippen molar-refractivity contribution in [1.29, 1.82) is 0 Å². The van der Waals surface area contributed by atoms with Crippen LogP contribution in [0.5, 0.6) is 0 Å². The lowest BCUT2D eigenvalue weighted by Crippen LogP contribution is -2.19. The maximum atomic E-state index is 11.4. The Morgan fingerprint density at radius 3 is 3.00 bits per heavy atom. The van der Waals surface area contributed by atoms with E-state index in [1.54, 1.807) is 12.3 Å². The number of nitrogens with zero attached hydrogens (tertiary/aromatic N) is 3. The van der Waals surface area contributed by atoms with Gasteiger partial charge < -0.3 is 5.21 Å². The molecule has 78 valence electrons. The Balaban J connectivity index is 2.88. The Hall–Kier alpha value is -1.08. The van der Waals surface area contributed by atoms with Gasteiger partial charge in [-0.2, -0.15) is 0 Å². The van der Waals surface area contributed by atoms with Gasteiger partial charge in [-0.3, -0.25) is 4.79 Å². The van der Waals surface area contributed by atoms with Gasteiger partial charge in [-0.05, 0) is 28.3 Å². The molecule has 0 aliphatic heterocycles. The third-order valence-electron chi connectivity index (χ3n) is 1.84. The molecule has 0 saturated heterocycles. The molecule has 2 aromatic heterocycles. The highest BCUT2D eigenvalue weighted by atomic mass is 79.9. The summed E-state index contributed by atoms with van der Waals surface area (Å²) in [6.45, 7) is 0. The lowest BCUT2D eigenvalue weighted by Gasteiger charge is -2.03. The molecular weight excluding hydrogens is 282 g/mol. The molecule has 2 rings (SSSR count). The predicted octanol–water partition coefficient (Wildman–Crippen LogP) is 1.51. The maximum Gasteiger partial charge on any atom is 0.299 e. The van der Waals surface area contributed by atoms with Gasteiger partial charge in [0.15, 0.2) is 10.8 Å². The third-order valence-corrected chi connectivity index (χ3v) is 2.97. The van der Waals surface area contributed by atoms with E-state index in [-0.39, 0.29) is 10.1 Å². The summed E-state index contributed by atoms with van der Waals surface area (Å²) in [7, 11) is 0. The summed E-state index contributed by atoms with van der Waals surface area (Å²) in [4.78, 5) is 19.5. The fourth-order valence-electron chi connectivity index (χ4n) is 1.13. The van der Waals surface area contributed by atoms with E-state index >= 15 is 0 Å². The van der Waals surface area contributed by atoms with Gasteiger partial charge in [-0.1, -0.05) is 11.8 Å². The van der Waals surface area contributed by atoms with Crippen LogP contribution in [-0.2, 0) is 0 Å². The summed E-state index contributed by atoms with van der Waals surface area (Å²) >= 11 is 4.39. The minimum atomic E-state index is -0.534. The maximum absolute atomic E-state index is 11.4. The van der Waals surface area contributed by atoms with E-state index in [2.05, 4.69) is 25.9 Å². The van der Waals surface area contributed by atoms with Crippen molar-refractivity contribution in [1.82, 2.24) is 14.7 Å². The first kappa shape index (κ1) is 10.4. The van der Waals surface area contributed by atoms with E-state index in [0.29, 0.717) is 15.3 Å². The number of thioether (sulfide) groups is 1. The molecule has 0 atom stereocenters. The monoisotopic (exact) mass is 287 g/mol. The highest BCUT2D eigenvalue weighted by Crippen LogP contribution is 2.16. The number of aromatic nitrogens is 3. The fourth-order valence-corrected chi connectivity index (χ4v) is 1.88. The molecule has 0 aliphatic rings. The zero-order valence-electron chi connectivity index (χ0n) is 7.64. The molecule has 0 aliphatic carbocycles. The Morgan fingerprint density at radius 1 is 1.60 bits per heavy atom. The number of pyridine rings is 1. The van der Waals surface area contributed by atoms with Crippen molar-refractivity contribution in [3.8, 4) is 0 Å². The molecular formula is C8H6BrN3O2S. The van der Waals surface area contributed by atoms with E-state index < -0.39 is 5.56 Å². The summed E-state index contributed by atoms with van der Waals surface area (Å²) in [5.74, 6) is 0. The van der Waals surface area contributed by atoms with Crippen LogP contribution in [0.25, 0.3) is 11.0 Å². The molecule has 0 spiro atoms. The van der Waals surface area contributed by atoms with Crippen molar-refractivity contribution in [3.05, 3.63) is 27.1 Å². The van der Waals surface area contributed by atoms with Gasteiger partial charge in [0.05, 0.1) is 4.47 Å². The van der Waals surface area contributed by atoms with Gasteiger partial charge in [0.2, 0.25) is 0 Å². The first-order valence-corrected chi connectivity index (χ1v) is 5.97. The summed E-state index contributed by atoms with van der Waals surface area (Å²) in [5.41, 5.74) is -0.323. The van der Waals surface area contributed by atoms with Gasteiger partial charge in [0.25, 0.3) is 5.56 Å². The SMILES string of the molecule is CSc1ncc2cc(Br)c(=O)n(O)c2n1. The van der Waals surface area contributed by atoms with Crippen LogP contribution in [0.3, 0.4) is 0 Å². The predicted molar refractivity (Wildman–Crippen MR) is 60.5 cm³/mol. The minimum Gasteiger partial charge on any atom is -0.423 e. The van der Waals surface area contributed by atoms with E-state index in [9.17, 15) is 10.0 Å². The average Bonchev–Trinajstić information content (AvgIpc) is 2.26. The second-order valence-electron chi connectivity index (χ2n) is 2.74. The smallest absolute Gasteiger partial charge is 0.299 e. The molecule has 0 saturated carbocycles. The van der Waals surface area contributed by atoms with Gasteiger partial charge in [-0.25, -0.2) is 9.97 Å². The van der Waals surface area contributed by atoms with Crippen LogP contribution in [0.1, 0.15) is 0 Å². The molecule has 0 aromatic carbocycles. The van der Waals surface area contributed by atoms with Gasteiger partial charge in [0, 0.05) is 11.6 Å². The molecule has 0 radical (unpaired) electrons. The van der Waals surface area contributed by atoms with Crippen LogP contribution in [0.2, 0.25) is 0 Å². The molecule has 1 N–H and O–H groups in total. The number of halogens is 1. The van der Waals surface area contributed by atoms with E-state index in [4.69, 9.17) is 0 Å². The second kappa shape index (κ2) is 3.82. The Kier molecular flexibility index (Phi) is 2.66. The molecule has 2 heterocycles. The molecule has 5 nitrogen and oxygen atoms in total. The van der Waals surface area contributed by atoms with E-state index in [0.717, 1.165) is 0 Å². The molecule has 15 heavy (non-hydrogen) atoms. The summed E-state index contributed by atoms with van der Waals surface area (Å²) in [5, 5.41) is 10.6. The number of hydrogen-bond acceptors (Lipinski definition) is 5. The first-order valence-electron chi connectivity index (χ1n) is 3.95. The average molecular weight is 288 g/mol. The van der Waals surface area contributed by atoms with E-state index in [1.807, 2.05) is 6.26 Å². The quantitative estimate of drug-likeness (QED) is 0.489. The largest absolute Gasteiger partial charge is 0.423 e. The minimum absolute atomic E-state index is 0.211. The van der Waals surface area contributed by atoms with Crippen molar-refractivity contribution in [2.24, 2.45) is 0 Å². The Morgan fingerprint density at radius 2 is 2.33 bits per heavy atom. The highest BCUT2D eigenvalue weighted by molar-refractivity contribution is 9.10. The van der Waals surface area contributed by atoms with Gasteiger partial charge in [0.1, 0.15) is 0 Å². The van der Waals surface area contributed by atoms with Gasteiger partial charge in [-0.15, -0.1) is 4.73 Å². The van der Waals surface area contributed by atoms with Crippen molar-refractivity contribution < 1.29 is 5.21 Å².